The van der Waals surface area contributed by atoms with Gasteiger partial charge in [0.2, 0.25) is 0 Å². The maximum Gasteiger partial charge on any atom is 0.0811 e. The fraction of sp³-hybridized carbons (Fsp3) is 0.300. The molecule has 0 N–H and O–H groups in total. The van der Waals surface area contributed by atoms with Gasteiger partial charge in [-0.2, -0.15) is 5.10 Å². The summed E-state index contributed by atoms with van der Waals surface area (Å²) >= 11 is 1.61. The highest BCUT2D eigenvalue weighted by molar-refractivity contribution is 7.97. The minimum atomic E-state index is 1.18. The number of para-hydroxylation sites is 1. The summed E-state index contributed by atoms with van der Waals surface area (Å²) < 4.78 is 1.91. The molecule has 2 aromatic rings. The van der Waals surface area contributed by atoms with Gasteiger partial charge in [-0.1, -0.05) is 32.0 Å². The number of benzene rings is 1. The van der Waals surface area contributed by atoms with Crippen LogP contribution in [-0.2, 0) is 0 Å². The molecule has 0 atom stereocenters. The second kappa shape index (κ2) is 4.92. The number of aromatic nitrogens is 2. The van der Waals surface area contributed by atoms with E-state index in [1.165, 1.54) is 10.9 Å². The molecule has 1 aromatic heterocycles. The monoisotopic (exact) mass is 194 g/mol. The van der Waals surface area contributed by atoms with Crippen LogP contribution in [0.4, 0.5) is 0 Å². The largest absolute Gasteiger partial charge is 0.206 e. The van der Waals surface area contributed by atoms with Crippen molar-refractivity contribution in [3.05, 3.63) is 30.5 Å². The van der Waals surface area contributed by atoms with Gasteiger partial charge < -0.3 is 0 Å². The molecule has 0 bridgehead atoms. The molecule has 0 spiro atoms. The van der Waals surface area contributed by atoms with Gasteiger partial charge in [-0.05, 0) is 18.0 Å². The predicted octanol–water partition coefficient (Wildman–Crippen LogP) is 3.19. The van der Waals surface area contributed by atoms with Crippen molar-refractivity contribution in [1.29, 1.82) is 0 Å². The third kappa shape index (κ3) is 2.04. The van der Waals surface area contributed by atoms with Gasteiger partial charge in [0.05, 0.1) is 11.7 Å². The molecule has 0 saturated carbocycles. The van der Waals surface area contributed by atoms with Crippen LogP contribution in [0.25, 0.3) is 10.9 Å². The summed E-state index contributed by atoms with van der Waals surface area (Å²) in [4.78, 5) is 0. The van der Waals surface area contributed by atoms with Gasteiger partial charge in [-0.3, -0.25) is 0 Å². The first-order chi connectivity index (χ1) is 6.42. The van der Waals surface area contributed by atoms with Crippen LogP contribution in [-0.4, -0.2) is 15.4 Å². The average molecular weight is 194 g/mol. The van der Waals surface area contributed by atoms with Gasteiger partial charge in [0.25, 0.3) is 0 Å². The molecule has 3 heteroatoms. The zero-order valence-corrected chi connectivity index (χ0v) is 9.01. The average Bonchev–Trinajstić information content (AvgIpc) is 2.64. The Morgan fingerprint density at radius 1 is 1.23 bits per heavy atom. The Morgan fingerprint density at radius 3 is 2.62 bits per heavy atom. The van der Waals surface area contributed by atoms with E-state index in [-0.39, 0.29) is 0 Å². The Kier molecular flexibility index (Phi) is 3.83. The number of rotatable bonds is 1. The lowest BCUT2D eigenvalue weighted by molar-refractivity contribution is 1.04. The van der Waals surface area contributed by atoms with Crippen molar-refractivity contribution in [2.75, 3.05) is 6.26 Å². The van der Waals surface area contributed by atoms with Gasteiger partial charge in [0.1, 0.15) is 0 Å². The summed E-state index contributed by atoms with van der Waals surface area (Å²) in [5.41, 5.74) is 1.18. The van der Waals surface area contributed by atoms with Crippen LogP contribution in [0, 0.1) is 0 Å². The Morgan fingerprint density at radius 2 is 1.92 bits per heavy atom. The zero-order chi connectivity index (χ0) is 9.68. The third-order valence-corrected chi connectivity index (χ3v) is 2.25. The van der Waals surface area contributed by atoms with Crippen LogP contribution >= 0.6 is 11.9 Å². The second-order valence-corrected chi connectivity index (χ2v) is 2.97. The second-order valence-electron chi connectivity index (χ2n) is 2.26. The standard InChI is InChI=1S/C8H8N2S.C2H6/c1-11-10-8-5-3-2-4-7(8)6-9-10;1-2/h2-6H,1H3;1-2H3. The predicted molar refractivity (Wildman–Crippen MR) is 60.0 cm³/mol. The van der Waals surface area contributed by atoms with Crippen molar-refractivity contribution in [3.63, 3.8) is 0 Å². The van der Waals surface area contributed by atoms with E-state index in [1.54, 1.807) is 11.9 Å². The minimum Gasteiger partial charge on any atom is -0.206 e. The van der Waals surface area contributed by atoms with Crippen LogP contribution in [0.5, 0.6) is 0 Å². The molecular formula is C10H14N2S. The lowest BCUT2D eigenvalue weighted by Gasteiger charge is -1.94. The normalized spacial score (nSPS) is 9.46. The van der Waals surface area contributed by atoms with E-state index in [0.717, 1.165) is 0 Å². The maximum absolute atomic E-state index is 4.19. The van der Waals surface area contributed by atoms with Crippen molar-refractivity contribution < 1.29 is 0 Å². The molecular weight excluding hydrogens is 180 g/mol. The van der Waals surface area contributed by atoms with Gasteiger partial charge in [-0.15, -0.1) is 0 Å². The highest BCUT2D eigenvalue weighted by Gasteiger charge is 1.97. The number of fused-ring (bicyclic) bond motifs is 1. The fourth-order valence-electron chi connectivity index (χ4n) is 1.09. The molecule has 0 radical (unpaired) electrons. The Balaban J connectivity index is 0.000000396. The summed E-state index contributed by atoms with van der Waals surface area (Å²) in [6, 6.07) is 8.18. The molecule has 2 nitrogen and oxygen atoms in total. The molecule has 0 aliphatic rings. The lowest BCUT2D eigenvalue weighted by atomic mass is 10.3. The van der Waals surface area contributed by atoms with Crippen molar-refractivity contribution in [3.8, 4) is 0 Å². The van der Waals surface area contributed by atoms with E-state index in [4.69, 9.17) is 0 Å². The SMILES string of the molecule is CC.CSn1ncc2ccccc21. The van der Waals surface area contributed by atoms with Gasteiger partial charge in [-0.25, -0.2) is 4.09 Å². The van der Waals surface area contributed by atoms with Crippen LogP contribution < -0.4 is 0 Å². The van der Waals surface area contributed by atoms with Gasteiger partial charge in [0, 0.05) is 11.6 Å². The summed E-state index contributed by atoms with van der Waals surface area (Å²) in [5, 5.41) is 5.39. The van der Waals surface area contributed by atoms with Crippen LogP contribution in [0.3, 0.4) is 0 Å². The summed E-state index contributed by atoms with van der Waals surface area (Å²) in [6.45, 7) is 4.00. The zero-order valence-electron chi connectivity index (χ0n) is 8.19. The van der Waals surface area contributed by atoms with E-state index in [2.05, 4.69) is 17.2 Å². The van der Waals surface area contributed by atoms with Crippen molar-refractivity contribution in [2.45, 2.75) is 13.8 Å². The highest BCUT2D eigenvalue weighted by Crippen LogP contribution is 2.15. The molecule has 0 aliphatic heterocycles. The molecule has 0 amide bonds. The Hall–Kier alpha value is -0.960. The topological polar surface area (TPSA) is 17.8 Å². The third-order valence-electron chi connectivity index (χ3n) is 1.62. The first-order valence-corrected chi connectivity index (χ1v) is 5.57. The Labute approximate surface area is 83.1 Å². The highest BCUT2D eigenvalue weighted by atomic mass is 32.2. The minimum absolute atomic E-state index is 1.18. The van der Waals surface area contributed by atoms with Crippen molar-refractivity contribution in [1.82, 2.24) is 9.19 Å². The quantitative estimate of drug-likeness (QED) is 0.694. The molecule has 0 aliphatic carbocycles. The number of hydrogen-bond acceptors (Lipinski definition) is 2. The molecule has 1 heterocycles. The van der Waals surface area contributed by atoms with Gasteiger partial charge in [0.15, 0.2) is 0 Å². The van der Waals surface area contributed by atoms with E-state index in [1.807, 2.05) is 42.5 Å². The molecule has 13 heavy (non-hydrogen) atoms. The van der Waals surface area contributed by atoms with E-state index < -0.39 is 0 Å². The van der Waals surface area contributed by atoms with Crippen LogP contribution in [0.1, 0.15) is 13.8 Å². The molecule has 1 aromatic carbocycles. The maximum atomic E-state index is 4.19. The fourth-order valence-corrected chi connectivity index (χ4v) is 1.60. The van der Waals surface area contributed by atoms with E-state index in [0.29, 0.717) is 0 Å². The number of nitrogens with zero attached hydrogens (tertiary/aromatic N) is 2. The summed E-state index contributed by atoms with van der Waals surface area (Å²) in [7, 11) is 0. The summed E-state index contributed by atoms with van der Waals surface area (Å²) in [6.07, 6.45) is 3.89. The van der Waals surface area contributed by atoms with Crippen molar-refractivity contribution >= 4 is 22.9 Å². The molecule has 2 rings (SSSR count). The van der Waals surface area contributed by atoms with E-state index in [9.17, 15) is 0 Å². The van der Waals surface area contributed by atoms with Gasteiger partial charge >= 0.3 is 0 Å². The van der Waals surface area contributed by atoms with Crippen LogP contribution in [0.15, 0.2) is 30.5 Å². The van der Waals surface area contributed by atoms with E-state index >= 15 is 0 Å². The molecule has 0 saturated heterocycles. The molecule has 70 valence electrons. The first kappa shape index (κ1) is 10.1. The smallest absolute Gasteiger partial charge is 0.0811 e. The summed E-state index contributed by atoms with van der Waals surface area (Å²) in [5.74, 6) is 0. The van der Waals surface area contributed by atoms with Crippen molar-refractivity contribution in [2.24, 2.45) is 0 Å². The lowest BCUT2D eigenvalue weighted by Crippen LogP contribution is -1.84. The van der Waals surface area contributed by atoms with Crippen LogP contribution in [0.2, 0.25) is 0 Å². The Bertz CT molecular complexity index is 368. The molecule has 0 unspecified atom stereocenters. The number of hydrogen-bond donors (Lipinski definition) is 0. The first-order valence-electron chi connectivity index (χ1n) is 4.39. The molecule has 0 fully saturated rings.